The third kappa shape index (κ3) is 5.49. The van der Waals surface area contributed by atoms with Crippen LogP contribution in [0.2, 0.25) is 0 Å². The minimum absolute atomic E-state index is 0.614. The van der Waals surface area contributed by atoms with Crippen molar-refractivity contribution in [2.75, 3.05) is 37.6 Å². The molecule has 3 rings (SSSR count). The van der Waals surface area contributed by atoms with Gasteiger partial charge in [0, 0.05) is 31.9 Å². The van der Waals surface area contributed by atoms with Gasteiger partial charge in [-0.1, -0.05) is 71.4 Å². The van der Waals surface area contributed by atoms with E-state index in [9.17, 15) is 0 Å². The van der Waals surface area contributed by atoms with Crippen molar-refractivity contribution in [2.24, 2.45) is 11.8 Å². The van der Waals surface area contributed by atoms with Crippen molar-refractivity contribution in [3.8, 4) is 0 Å². The van der Waals surface area contributed by atoms with E-state index in [1.165, 1.54) is 88.9 Å². The van der Waals surface area contributed by atoms with Gasteiger partial charge in [-0.25, -0.2) is 0 Å². The van der Waals surface area contributed by atoms with E-state index < -0.39 is 0 Å². The van der Waals surface area contributed by atoms with Crippen LogP contribution >= 0.6 is 0 Å². The van der Waals surface area contributed by atoms with E-state index in [1.807, 2.05) is 0 Å². The first-order valence-corrected chi connectivity index (χ1v) is 11.2. The maximum atomic E-state index is 2.71. The molecule has 1 aliphatic carbocycles. The topological polar surface area (TPSA) is 6.48 Å². The van der Waals surface area contributed by atoms with Gasteiger partial charge in [0.15, 0.2) is 0 Å². The lowest BCUT2D eigenvalue weighted by Gasteiger charge is -2.37. The van der Waals surface area contributed by atoms with Gasteiger partial charge in [0.1, 0.15) is 0 Å². The fourth-order valence-electron chi connectivity index (χ4n) is 4.89. The van der Waals surface area contributed by atoms with Crippen LogP contribution in [0.1, 0.15) is 77.2 Å². The predicted molar refractivity (Wildman–Crippen MR) is 114 cm³/mol. The van der Waals surface area contributed by atoms with Crippen LogP contribution in [0.4, 0.5) is 5.69 Å². The summed E-state index contributed by atoms with van der Waals surface area (Å²) in [6, 6.07) is 9.18. The molecule has 0 bridgehead atoms. The molecule has 146 valence electrons. The van der Waals surface area contributed by atoms with E-state index in [0.29, 0.717) is 5.92 Å². The molecular formula is C24H40N2. The van der Waals surface area contributed by atoms with Gasteiger partial charge >= 0.3 is 0 Å². The third-order valence-corrected chi connectivity index (χ3v) is 6.79. The Kier molecular flexibility index (Phi) is 7.42. The highest BCUT2D eigenvalue weighted by Gasteiger charge is 2.22. The molecular weight excluding hydrogens is 316 g/mol. The van der Waals surface area contributed by atoms with Gasteiger partial charge in [-0.2, -0.15) is 0 Å². The Morgan fingerprint density at radius 3 is 2.19 bits per heavy atom. The van der Waals surface area contributed by atoms with E-state index in [4.69, 9.17) is 0 Å². The maximum Gasteiger partial charge on any atom is 0.0369 e. The highest BCUT2D eigenvalue weighted by molar-refractivity contribution is 5.49. The first-order chi connectivity index (χ1) is 12.7. The molecule has 0 unspecified atom stereocenters. The summed E-state index contributed by atoms with van der Waals surface area (Å²) in [5, 5.41) is 0. The van der Waals surface area contributed by atoms with Gasteiger partial charge in [0.25, 0.3) is 0 Å². The Labute approximate surface area is 162 Å². The Balaban J connectivity index is 1.38. The summed E-state index contributed by atoms with van der Waals surface area (Å²) >= 11 is 0. The van der Waals surface area contributed by atoms with Crippen molar-refractivity contribution >= 4 is 5.69 Å². The number of benzene rings is 1. The highest BCUT2D eigenvalue weighted by Crippen LogP contribution is 2.33. The van der Waals surface area contributed by atoms with E-state index in [1.54, 1.807) is 0 Å². The molecule has 1 heterocycles. The van der Waals surface area contributed by atoms with Crippen molar-refractivity contribution in [2.45, 2.75) is 71.6 Å². The Hall–Kier alpha value is -1.02. The zero-order valence-electron chi connectivity index (χ0n) is 17.4. The summed E-state index contributed by atoms with van der Waals surface area (Å²) in [5.74, 6) is 2.66. The van der Waals surface area contributed by atoms with Crippen LogP contribution in [0.5, 0.6) is 0 Å². The van der Waals surface area contributed by atoms with Crippen LogP contribution in [-0.4, -0.2) is 37.6 Å². The van der Waals surface area contributed by atoms with Crippen molar-refractivity contribution in [1.82, 2.24) is 4.90 Å². The van der Waals surface area contributed by atoms with Crippen LogP contribution in [0, 0.1) is 11.8 Å². The molecule has 1 saturated heterocycles. The molecule has 26 heavy (non-hydrogen) atoms. The Bertz CT molecular complexity index is 523. The standard InChI is InChI=1S/C24H40N2/c1-4-6-21-9-11-22(12-10-21)13-14-25-15-17-26(18-16-25)24-8-5-7-23(19-24)20(2)3/h5,7-8,19-22H,4,6,9-18H2,1-3H3. The second kappa shape index (κ2) is 9.78. The van der Waals surface area contributed by atoms with Gasteiger partial charge in [-0.15, -0.1) is 0 Å². The van der Waals surface area contributed by atoms with E-state index in [2.05, 4.69) is 54.8 Å². The number of rotatable bonds is 7. The molecule has 0 amide bonds. The molecule has 0 spiro atoms. The van der Waals surface area contributed by atoms with Crippen molar-refractivity contribution < 1.29 is 0 Å². The van der Waals surface area contributed by atoms with Gasteiger partial charge in [-0.05, 0) is 48.4 Å². The number of hydrogen-bond donors (Lipinski definition) is 0. The second-order valence-corrected chi connectivity index (χ2v) is 9.04. The minimum Gasteiger partial charge on any atom is -0.369 e. The molecule has 0 N–H and O–H groups in total. The lowest BCUT2D eigenvalue weighted by Crippen LogP contribution is -2.47. The molecule has 2 fully saturated rings. The smallest absolute Gasteiger partial charge is 0.0369 e. The van der Waals surface area contributed by atoms with Crippen LogP contribution in [0.15, 0.2) is 24.3 Å². The SMILES string of the molecule is CCCC1CCC(CCN2CCN(c3cccc(C(C)C)c3)CC2)CC1. The van der Waals surface area contributed by atoms with E-state index in [-0.39, 0.29) is 0 Å². The van der Waals surface area contributed by atoms with E-state index in [0.717, 1.165) is 11.8 Å². The summed E-state index contributed by atoms with van der Waals surface area (Å²) in [5.41, 5.74) is 2.88. The lowest BCUT2D eigenvalue weighted by atomic mass is 9.79. The summed E-state index contributed by atoms with van der Waals surface area (Å²) in [7, 11) is 0. The lowest BCUT2D eigenvalue weighted by molar-refractivity contribution is 0.200. The van der Waals surface area contributed by atoms with Crippen LogP contribution < -0.4 is 4.90 Å². The minimum atomic E-state index is 0.614. The second-order valence-electron chi connectivity index (χ2n) is 9.04. The van der Waals surface area contributed by atoms with Gasteiger partial charge in [0.2, 0.25) is 0 Å². The first-order valence-electron chi connectivity index (χ1n) is 11.2. The molecule has 1 saturated carbocycles. The number of hydrogen-bond acceptors (Lipinski definition) is 2. The van der Waals surface area contributed by atoms with Gasteiger partial charge in [0.05, 0.1) is 0 Å². The molecule has 2 aliphatic rings. The summed E-state index contributed by atoms with van der Waals surface area (Å²) in [6.07, 6.45) is 10.3. The molecule has 2 nitrogen and oxygen atoms in total. The molecule has 1 aromatic carbocycles. The molecule has 0 aromatic heterocycles. The Morgan fingerprint density at radius 2 is 1.58 bits per heavy atom. The number of nitrogens with zero attached hydrogens (tertiary/aromatic N) is 2. The normalized spacial score (nSPS) is 25.0. The Morgan fingerprint density at radius 1 is 0.923 bits per heavy atom. The van der Waals surface area contributed by atoms with Crippen LogP contribution in [0.25, 0.3) is 0 Å². The molecule has 1 aromatic rings. The zero-order chi connectivity index (χ0) is 18.4. The fraction of sp³-hybridized carbons (Fsp3) is 0.750. The molecule has 2 heteroatoms. The summed E-state index contributed by atoms with van der Waals surface area (Å²) < 4.78 is 0. The maximum absolute atomic E-state index is 2.71. The molecule has 0 atom stereocenters. The summed E-state index contributed by atoms with van der Waals surface area (Å²) in [4.78, 5) is 5.29. The van der Waals surface area contributed by atoms with Crippen LogP contribution in [-0.2, 0) is 0 Å². The predicted octanol–water partition coefficient (Wildman–Crippen LogP) is 5.93. The number of piperazine rings is 1. The van der Waals surface area contributed by atoms with Crippen molar-refractivity contribution in [3.63, 3.8) is 0 Å². The highest BCUT2D eigenvalue weighted by atomic mass is 15.3. The van der Waals surface area contributed by atoms with Crippen molar-refractivity contribution in [3.05, 3.63) is 29.8 Å². The van der Waals surface area contributed by atoms with Crippen LogP contribution in [0.3, 0.4) is 0 Å². The van der Waals surface area contributed by atoms with Gasteiger partial charge in [-0.3, -0.25) is 4.90 Å². The first kappa shape index (κ1) is 19.7. The van der Waals surface area contributed by atoms with Crippen molar-refractivity contribution in [1.29, 1.82) is 0 Å². The number of anilines is 1. The third-order valence-electron chi connectivity index (χ3n) is 6.79. The quantitative estimate of drug-likeness (QED) is 0.597. The monoisotopic (exact) mass is 356 g/mol. The summed E-state index contributed by atoms with van der Waals surface area (Å²) in [6.45, 7) is 13.1. The molecule has 1 aliphatic heterocycles. The molecule has 0 radical (unpaired) electrons. The average Bonchev–Trinajstić information content (AvgIpc) is 2.68. The fourth-order valence-corrected chi connectivity index (χ4v) is 4.89. The van der Waals surface area contributed by atoms with E-state index >= 15 is 0 Å². The zero-order valence-corrected chi connectivity index (χ0v) is 17.4. The average molecular weight is 357 g/mol. The largest absolute Gasteiger partial charge is 0.369 e. The van der Waals surface area contributed by atoms with Gasteiger partial charge < -0.3 is 4.90 Å².